The maximum Gasteiger partial charge on any atom is 0.312 e. The smallest absolute Gasteiger partial charge is 0.312 e. The van der Waals surface area contributed by atoms with Crippen LogP contribution in [0.3, 0.4) is 0 Å². The van der Waals surface area contributed by atoms with Gasteiger partial charge in [-0.05, 0) is 38.8 Å². The van der Waals surface area contributed by atoms with Crippen LogP contribution in [0.4, 0.5) is 5.69 Å². The van der Waals surface area contributed by atoms with Gasteiger partial charge in [0.25, 0.3) is 5.91 Å². The Morgan fingerprint density at radius 3 is 2.50 bits per heavy atom. The van der Waals surface area contributed by atoms with E-state index in [4.69, 9.17) is 9.47 Å². The van der Waals surface area contributed by atoms with Crippen LogP contribution in [0, 0.1) is 10.1 Å². The molecule has 1 saturated carbocycles. The third kappa shape index (κ3) is 5.57. The van der Waals surface area contributed by atoms with E-state index in [9.17, 15) is 23.3 Å². The number of morpholine rings is 1. The largest absolute Gasteiger partial charge is 0.477 e. The summed E-state index contributed by atoms with van der Waals surface area (Å²) in [7, 11) is -3.89. The molecule has 0 unspecified atom stereocenters. The van der Waals surface area contributed by atoms with Crippen molar-refractivity contribution >= 4 is 21.6 Å². The molecule has 3 rings (SSSR count). The van der Waals surface area contributed by atoms with Crippen molar-refractivity contribution in [3.63, 3.8) is 0 Å². The lowest BCUT2D eigenvalue weighted by Gasteiger charge is -2.37. The first-order valence-corrected chi connectivity index (χ1v) is 12.5. The summed E-state index contributed by atoms with van der Waals surface area (Å²) in [5, 5.41) is 11.6. The van der Waals surface area contributed by atoms with Crippen molar-refractivity contribution in [1.82, 2.24) is 9.21 Å². The number of nitro benzene ring substituents is 1. The van der Waals surface area contributed by atoms with Gasteiger partial charge in [0.15, 0.2) is 12.4 Å². The number of amides is 1. The number of nitro groups is 1. The van der Waals surface area contributed by atoms with Crippen molar-refractivity contribution in [3.05, 3.63) is 28.3 Å². The molecule has 0 aromatic heterocycles. The summed E-state index contributed by atoms with van der Waals surface area (Å²) in [4.78, 5) is 25.4. The molecule has 11 heteroatoms. The normalized spacial score (nSPS) is 18.5. The number of carbonyl (C=O) groups is 1. The third-order valence-electron chi connectivity index (χ3n) is 5.90. The second-order valence-corrected chi connectivity index (χ2v) is 10.3. The molecule has 1 aromatic carbocycles. The number of carbonyl (C=O) groups excluding carboxylic acids is 1. The molecule has 0 spiro atoms. The summed E-state index contributed by atoms with van der Waals surface area (Å²) in [6.07, 6.45) is 5.20. The van der Waals surface area contributed by atoms with E-state index in [2.05, 4.69) is 0 Å². The van der Waals surface area contributed by atoms with Gasteiger partial charge in [-0.2, -0.15) is 4.31 Å². The number of rotatable bonds is 8. The van der Waals surface area contributed by atoms with Crippen LogP contribution in [-0.4, -0.2) is 73.4 Å². The zero-order chi connectivity index (χ0) is 23.3. The van der Waals surface area contributed by atoms with Crippen molar-refractivity contribution in [2.24, 2.45) is 0 Å². The Hall–Kier alpha value is -2.24. The fourth-order valence-corrected chi connectivity index (χ4v) is 5.77. The molecule has 178 valence electrons. The first-order chi connectivity index (χ1) is 15.2. The van der Waals surface area contributed by atoms with Gasteiger partial charge >= 0.3 is 5.69 Å². The van der Waals surface area contributed by atoms with Crippen LogP contribution < -0.4 is 4.74 Å². The van der Waals surface area contributed by atoms with E-state index in [1.165, 1.54) is 22.9 Å². The van der Waals surface area contributed by atoms with Gasteiger partial charge in [-0.15, -0.1) is 0 Å². The summed E-state index contributed by atoms with van der Waals surface area (Å²) in [6.45, 7) is 4.48. The van der Waals surface area contributed by atoms with E-state index >= 15 is 0 Å². The molecule has 2 fully saturated rings. The Morgan fingerprint density at radius 1 is 1.25 bits per heavy atom. The molecule has 1 heterocycles. The number of nitrogens with zero attached hydrogens (tertiary/aromatic N) is 3. The lowest BCUT2D eigenvalue weighted by molar-refractivity contribution is -0.386. The molecule has 0 atom stereocenters. The Labute approximate surface area is 188 Å². The van der Waals surface area contributed by atoms with Crippen LogP contribution in [0.25, 0.3) is 0 Å². The van der Waals surface area contributed by atoms with Gasteiger partial charge in [0.2, 0.25) is 10.0 Å². The number of benzene rings is 1. The molecule has 1 aliphatic carbocycles. The Bertz CT molecular complexity index is 923. The topological polar surface area (TPSA) is 119 Å². The fourth-order valence-electron chi connectivity index (χ4n) is 4.34. The Kier molecular flexibility index (Phi) is 8.07. The highest BCUT2D eigenvalue weighted by molar-refractivity contribution is 7.89. The highest BCUT2D eigenvalue weighted by Gasteiger charge is 2.31. The van der Waals surface area contributed by atoms with Crippen LogP contribution >= 0.6 is 0 Å². The highest BCUT2D eigenvalue weighted by atomic mass is 32.2. The molecule has 32 heavy (non-hydrogen) atoms. The lowest BCUT2D eigenvalue weighted by Crippen LogP contribution is -2.47. The average molecular weight is 470 g/mol. The van der Waals surface area contributed by atoms with Crippen LogP contribution in [-0.2, 0) is 19.6 Å². The van der Waals surface area contributed by atoms with E-state index in [1.54, 1.807) is 0 Å². The van der Waals surface area contributed by atoms with Crippen LogP contribution in [0.1, 0.15) is 46.0 Å². The Balaban J connectivity index is 1.76. The summed E-state index contributed by atoms with van der Waals surface area (Å²) in [5.74, 6) is -0.358. The predicted molar refractivity (Wildman–Crippen MR) is 117 cm³/mol. The second-order valence-electron chi connectivity index (χ2n) is 8.38. The molecular formula is C21H31N3O7S. The highest BCUT2D eigenvalue weighted by Crippen LogP contribution is 2.31. The van der Waals surface area contributed by atoms with Gasteiger partial charge in [-0.3, -0.25) is 14.9 Å². The van der Waals surface area contributed by atoms with Gasteiger partial charge in [-0.25, -0.2) is 8.42 Å². The minimum Gasteiger partial charge on any atom is -0.477 e. The maximum atomic E-state index is 12.9. The molecule has 0 N–H and O–H groups in total. The Morgan fingerprint density at radius 2 is 1.91 bits per heavy atom. The fraction of sp³-hybridized carbons (Fsp3) is 0.667. The number of hydrogen-bond donors (Lipinski definition) is 0. The SMILES string of the molecule is CC(C)N(C(=O)COc1ccc(S(=O)(=O)N2CCOCC2)cc1[N+](=O)[O-])C1CCCCC1. The van der Waals surface area contributed by atoms with E-state index in [0.717, 1.165) is 31.7 Å². The van der Waals surface area contributed by atoms with E-state index in [-0.39, 0.29) is 61.5 Å². The molecule has 0 bridgehead atoms. The molecule has 1 aromatic rings. The molecule has 0 radical (unpaired) electrons. The van der Waals surface area contributed by atoms with Crippen LogP contribution in [0.5, 0.6) is 5.75 Å². The molecule has 1 amide bonds. The number of ether oxygens (including phenoxy) is 2. The lowest BCUT2D eigenvalue weighted by atomic mass is 9.93. The van der Waals surface area contributed by atoms with Gasteiger partial charge in [0.1, 0.15) is 0 Å². The van der Waals surface area contributed by atoms with E-state index < -0.39 is 20.6 Å². The van der Waals surface area contributed by atoms with Gasteiger partial charge in [0, 0.05) is 31.2 Å². The minimum absolute atomic E-state index is 0.00905. The van der Waals surface area contributed by atoms with Gasteiger partial charge < -0.3 is 14.4 Å². The molecule has 1 aliphatic heterocycles. The number of sulfonamides is 1. The first-order valence-electron chi connectivity index (χ1n) is 11.0. The summed E-state index contributed by atoms with van der Waals surface area (Å²) < 4.78 is 37.6. The minimum atomic E-state index is -3.89. The molecule has 2 aliphatic rings. The average Bonchev–Trinajstić information content (AvgIpc) is 2.78. The third-order valence-corrected chi connectivity index (χ3v) is 7.79. The van der Waals surface area contributed by atoms with Crippen molar-refractivity contribution in [1.29, 1.82) is 0 Å². The number of hydrogen-bond acceptors (Lipinski definition) is 7. The predicted octanol–water partition coefficient (Wildman–Crippen LogP) is 2.56. The maximum absolute atomic E-state index is 12.9. The quantitative estimate of drug-likeness (QED) is 0.424. The molecule has 1 saturated heterocycles. The summed E-state index contributed by atoms with van der Waals surface area (Å²) in [6, 6.07) is 3.66. The zero-order valence-electron chi connectivity index (χ0n) is 18.6. The van der Waals surface area contributed by atoms with Crippen molar-refractivity contribution in [2.45, 2.75) is 62.9 Å². The van der Waals surface area contributed by atoms with Crippen LogP contribution in [0.2, 0.25) is 0 Å². The standard InChI is InChI=1S/C21H31N3O7S/c1-16(2)23(17-6-4-3-5-7-17)21(25)15-31-20-9-8-18(14-19(20)24(26)27)32(28,29)22-10-12-30-13-11-22/h8-9,14,16-17H,3-7,10-13,15H2,1-2H3. The molecular weight excluding hydrogens is 438 g/mol. The zero-order valence-corrected chi connectivity index (χ0v) is 19.4. The van der Waals surface area contributed by atoms with E-state index in [0.29, 0.717) is 0 Å². The van der Waals surface area contributed by atoms with Crippen molar-refractivity contribution < 1.29 is 27.6 Å². The molecule has 10 nitrogen and oxygen atoms in total. The van der Waals surface area contributed by atoms with Crippen molar-refractivity contribution in [2.75, 3.05) is 32.9 Å². The van der Waals surface area contributed by atoms with Gasteiger partial charge in [0.05, 0.1) is 23.0 Å². The van der Waals surface area contributed by atoms with Gasteiger partial charge in [-0.1, -0.05) is 19.3 Å². The summed E-state index contributed by atoms with van der Waals surface area (Å²) >= 11 is 0. The monoisotopic (exact) mass is 469 g/mol. The van der Waals surface area contributed by atoms with Crippen molar-refractivity contribution in [3.8, 4) is 5.75 Å². The van der Waals surface area contributed by atoms with Crippen LogP contribution in [0.15, 0.2) is 23.1 Å². The summed E-state index contributed by atoms with van der Waals surface area (Å²) in [5.41, 5.74) is -0.485. The second kappa shape index (κ2) is 10.6. The first kappa shape index (κ1) is 24.4. The van der Waals surface area contributed by atoms with E-state index in [1.807, 2.05) is 18.7 Å².